The van der Waals surface area contributed by atoms with E-state index in [9.17, 15) is 19.2 Å². The maximum atomic E-state index is 11.9. The smallest absolute Gasteiger partial charge is 0.337 e. The van der Waals surface area contributed by atoms with Gasteiger partial charge >= 0.3 is 11.9 Å². The lowest BCUT2D eigenvalue weighted by Gasteiger charge is -2.08. The molecule has 0 saturated carbocycles. The van der Waals surface area contributed by atoms with Crippen LogP contribution < -0.4 is 15.4 Å². The predicted octanol–water partition coefficient (Wildman–Crippen LogP) is 2.77. The summed E-state index contributed by atoms with van der Waals surface area (Å²) in [4.78, 5) is 47.0. The first-order valence-electron chi connectivity index (χ1n) is 9.57. The third-order valence-corrected chi connectivity index (χ3v) is 3.96. The van der Waals surface area contributed by atoms with Crippen LogP contribution in [-0.4, -0.2) is 44.1 Å². The minimum absolute atomic E-state index is 0.113. The average Bonchev–Trinajstić information content (AvgIpc) is 2.78. The SMILES string of the molecule is CCOc1ccc(NC(=O)COC(=O)CCC(=O)Nc2ccc(C(=O)OC)cc2)cc1. The van der Waals surface area contributed by atoms with Crippen LogP contribution in [-0.2, 0) is 23.9 Å². The van der Waals surface area contributed by atoms with E-state index in [1.165, 1.54) is 19.2 Å². The third kappa shape index (κ3) is 8.17. The Labute approximate surface area is 179 Å². The van der Waals surface area contributed by atoms with Crippen LogP contribution in [0.3, 0.4) is 0 Å². The van der Waals surface area contributed by atoms with Gasteiger partial charge in [0.1, 0.15) is 5.75 Å². The molecule has 9 heteroatoms. The number of amides is 2. The van der Waals surface area contributed by atoms with Crippen molar-refractivity contribution in [2.24, 2.45) is 0 Å². The molecule has 0 aliphatic heterocycles. The second-order valence-electron chi connectivity index (χ2n) is 6.28. The second kappa shape index (κ2) is 12.0. The van der Waals surface area contributed by atoms with Gasteiger partial charge in [0.25, 0.3) is 5.91 Å². The van der Waals surface area contributed by atoms with Crippen LogP contribution in [0.1, 0.15) is 30.1 Å². The van der Waals surface area contributed by atoms with Crippen molar-refractivity contribution in [3.8, 4) is 5.75 Å². The number of anilines is 2. The molecular formula is C22H24N2O7. The lowest BCUT2D eigenvalue weighted by atomic mass is 10.2. The quantitative estimate of drug-likeness (QED) is 0.558. The summed E-state index contributed by atoms with van der Waals surface area (Å²) >= 11 is 0. The standard InChI is InChI=1S/C22H24N2O7/c1-3-30-18-10-8-17(9-11-18)24-20(26)14-31-21(27)13-12-19(25)23-16-6-4-15(5-7-16)22(28)29-2/h4-11H,3,12-14H2,1-2H3,(H,23,25)(H,24,26). The number of methoxy groups -OCH3 is 1. The van der Waals surface area contributed by atoms with E-state index in [1.54, 1.807) is 36.4 Å². The number of nitrogens with one attached hydrogen (secondary N) is 2. The van der Waals surface area contributed by atoms with Crippen molar-refractivity contribution >= 4 is 35.1 Å². The van der Waals surface area contributed by atoms with E-state index >= 15 is 0 Å². The number of carbonyl (C=O) groups is 4. The molecule has 2 N–H and O–H groups in total. The van der Waals surface area contributed by atoms with Crippen molar-refractivity contribution in [3.63, 3.8) is 0 Å². The van der Waals surface area contributed by atoms with E-state index in [1.807, 2.05) is 6.92 Å². The molecule has 0 atom stereocenters. The zero-order valence-corrected chi connectivity index (χ0v) is 17.3. The van der Waals surface area contributed by atoms with E-state index in [-0.39, 0.29) is 12.8 Å². The first-order chi connectivity index (χ1) is 14.9. The Bertz CT molecular complexity index is 908. The van der Waals surface area contributed by atoms with E-state index in [0.29, 0.717) is 29.3 Å². The van der Waals surface area contributed by atoms with Crippen LogP contribution >= 0.6 is 0 Å². The van der Waals surface area contributed by atoms with E-state index in [2.05, 4.69) is 15.4 Å². The van der Waals surface area contributed by atoms with E-state index < -0.39 is 30.4 Å². The summed E-state index contributed by atoms with van der Waals surface area (Å²) in [6, 6.07) is 12.9. The summed E-state index contributed by atoms with van der Waals surface area (Å²) in [5.41, 5.74) is 1.37. The Morgan fingerprint density at radius 1 is 0.806 bits per heavy atom. The Balaban J connectivity index is 1.68. The fraction of sp³-hybridized carbons (Fsp3) is 0.273. The van der Waals surface area contributed by atoms with Crippen molar-refractivity contribution in [2.75, 3.05) is 31.0 Å². The predicted molar refractivity (Wildman–Crippen MR) is 113 cm³/mol. The van der Waals surface area contributed by atoms with Crippen molar-refractivity contribution in [2.45, 2.75) is 19.8 Å². The highest BCUT2D eigenvalue weighted by Crippen LogP contribution is 2.15. The van der Waals surface area contributed by atoms with Gasteiger partial charge in [0.2, 0.25) is 5.91 Å². The molecule has 0 spiro atoms. The molecule has 0 radical (unpaired) electrons. The number of ether oxygens (including phenoxy) is 3. The zero-order valence-electron chi connectivity index (χ0n) is 17.3. The molecule has 0 saturated heterocycles. The monoisotopic (exact) mass is 428 g/mol. The molecule has 2 rings (SSSR count). The number of carbonyl (C=O) groups excluding carboxylic acids is 4. The van der Waals surface area contributed by atoms with Crippen LogP contribution in [0.15, 0.2) is 48.5 Å². The maximum absolute atomic E-state index is 11.9. The fourth-order valence-corrected chi connectivity index (χ4v) is 2.46. The summed E-state index contributed by atoms with van der Waals surface area (Å²) in [6.45, 7) is 1.96. The number of benzene rings is 2. The Morgan fingerprint density at radius 2 is 1.39 bits per heavy atom. The lowest BCUT2D eigenvalue weighted by molar-refractivity contribution is -0.147. The minimum Gasteiger partial charge on any atom is -0.494 e. The first kappa shape index (κ1) is 23.4. The molecule has 9 nitrogen and oxygen atoms in total. The van der Waals surface area contributed by atoms with Crippen molar-refractivity contribution < 1.29 is 33.4 Å². The van der Waals surface area contributed by atoms with Crippen LogP contribution in [0.5, 0.6) is 5.75 Å². The van der Waals surface area contributed by atoms with Gasteiger partial charge in [-0.2, -0.15) is 0 Å². The molecule has 31 heavy (non-hydrogen) atoms. The van der Waals surface area contributed by atoms with Gasteiger partial charge in [-0.1, -0.05) is 0 Å². The van der Waals surface area contributed by atoms with Crippen molar-refractivity contribution in [1.82, 2.24) is 0 Å². The summed E-state index contributed by atoms with van der Waals surface area (Å²) in [5.74, 6) is -1.36. The highest BCUT2D eigenvalue weighted by atomic mass is 16.5. The summed E-state index contributed by atoms with van der Waals surface area (Å²) in [5, 5.41) is 5.20. The first-order valence-corrected chi connectivity index (χ1v) is 9.57. The molecule has 0 heterocycles. The molecule has 2 aromatic carbocycles. The molecule has 2 amide bonds. The van der Waals surface area contributed by atoms with Gasteiger partial charge in [0, 0.05) is 17.8 Å². The van der Waals surface area contributed by atoms with Crippen LogP contribution in [0.25, 0.3) is 0 Å². The number of hydrogen-bond acceptors (Lipinski definition) is 7. The van der Waals surface area contributed by atoms with Gasteiger partial charge in [-0.15, -0.1) is 0 Å². The van der Waals surface area contributed by atoms with E-state index in [4.69, 9.17) is 9.47 Å². The topological polar surface area (TPSA) is 120 Å². The van der Waals surface area contributed by atoms with E-state index in [0.717, 1.165) is 0 Å². The van der Waals surface area contributed by atoms with Gasteiger partial charge < -0.3 is 24.8 Å². The molecule has 0 aliphatic carbocycles. The molecule has 0 aliphatic rings. The zero-order chi connectivity index (χ0) is 22.6. The largest absolute Gasteiger partial charge is 0.494 e. The molecule has 0 unspecified atom stereocenters. The Kier molecular flexibility index (Phi) is 9.03. The van der Waals surface area contributed by atoms with Crippen LogP contribution in [0.2, 0.25) is 0 Å². The number of rotatable bonds is 10. The average molecular weight is 428 g/mol. The molecule has 164 valence electrons. The highest BCUT2D eigenvalue weighted by molar-refractivity contribution is 5.95. The number of esters is 2. The molecule has 0 aromatic heterocycles. The third-order valence-electron chi connectivity index (χ3n) is 3.96. The lowest BCUT2D eigenvalue weighted by Crippen LogP contribution is -2.21. The highest BCUT2D eigenvalue weighted by Gasteiger charge is 2.12. The Hall–Kier alpha value is -3.88. The van der Waals surface area contributed by atoms with Crippen LogP contribution in [0.4, 0.5) is 11.4 Å². The van der Waals surface area contributed by atoms with Gasteiger partial charge in [0.15, 0.2) is 6.61 Å². The summed E-state index contributed by atoms with van der Waals surface area (Å²) in [7, 11) is 1.28. The number of hydrogen-bond donors (Lipinski definition) is 2. The van der Waals surface area contributed by atoms with Crippen LogP contribution in [0, 0.1) is 0 Å². The van der Waals surface area contributed by atoms with Gasteiger partial charge in [0.05, 0.1) is 25.7 Å². The minimum atomic E-state index is -0.668. The molecule has 2 aromatic rings. The van der Waals surface area contributed by atoms with Crippen molar-refractivity contribution in [1.29, 1.82) is 0 Å². The molecule has 0 fully saturated rings. The summed E-state index contributed by atoms with van der Waals surface area (Å²) < 4.78 is 14.8. The normalized spacial score (nSPS) is 10.0. The molecule has 0 bridgehead atoms. The fourth-order valence-electron chi connectivity index (χ4n) is 2.46. The van der Waals surface area contributed by atoms with Gasteiger partial charge in [-0.05, 0) is 55.5 Å². The van der Waals surface area contributed by atoms with Gasteiger partial charge in [-0.3, -0.25) is 14.4 Å². The summed E-state index contributed by atoms with van der Waals surface area (Å²) in [6.07, 6.45) is -0.291. The second-order valence-corrected chi connectivity index (χ2v) is 6.28. The van der Waals surface area contributed by atoms with Crippen molar-refractivity contribution in [3.05, 3.63) is 54.1 Å². The molecular weight excluding hydrogens is 404 g/mol. The van der Waals surface area contributed by atoms with Gasteiger partial charge in [-0.25, -0.2) is 4.79 Å². The Morgan fingerprint density at radius 3 is 1.97 bits per heavy atom. The maximum Gasteiger partial charge on any atom is 0.337 e.